The van der Waals surface area contributed by atoms with Gasteiger partial charge in [0.05, 0.1) is 26.4 Å². The van der Waals surface area contributed by atoms with Gasteiger partial charge in [-0.3, -0.25) is 0 Å². The Morgan fingerprint density at radius 1 is 1.00 bits per heavy atom. The lowest BCUT2D eigenvalue weighted by molar-refractivity contribution is -0.0123. The maximum atomic E-state index is 8.51. The van der Waals surface area contributed by atoms with Crippen LogP contribution in [-0.4, -0.2) is 64.3 Å². The van der Waals surface area contributed by atoms with Crippen molar-refractivity contribution in [3.05, 3.63) is 0 Å². The lowest BCUT2D eigenvalue weighted by Gasteiger charge is -2.26. The summed E-state index contributed by atoms with van der Waals surface area (Å²) in [7, 11) is -2.41. The third-order valence-corrected chi connectivity index (χ3v) is 5.48. The van der Waals surface area contributed by atoms with Crippen molar-refractivity contribution in [2.45, 2.75) is 13.8 Å². The van der Waals surface area contributed by atoms with E-state index in [0.717, 1.165) is 0 Å². The summed E-state index contributed by atoms with van der Waals surface area (Å²) in [6.45, 7) is 5.77. The van der Waals surface area contributed by atoms with Crippen molar-refractivity contribution in [3.8, 4) is 0 Å². The largest absolute Gasteiger partial charge is 0.668 e. The Kier molecular flexibility index (Phi) is 10.5. The predicted molar refractivity (Wildman–Crippen MR) is 63.9 cm³/mol. The van der Waals surface area contributed by atoms with Crippen LogP contribution in [0.5, 0.6) is 0 Å². The van der Waals surface area contributed by atoms with Gasteiger partial charge in [-0.25, -0.2) is 0 Å². The molecule has 0 aliphatic rings. The van der Waals surface area contributed by atoms with E-state index in [-0.39, 0.29) is 6.61 Å². The first-order valence-corrected chi connectivity index (χ1v) is 7.85. The molecule has 6 nitrogen and oxygen atoms in total. The zero-order chi connectivity index (χ0) is 12.3. The summed E-state index contributed by atoms with van der Waals surface area (Å²) in [5.41, 5.74) is 0. The average Bonchev–Trinajstić information content (AvgIpc) is 2.29. The number of hydrogen-bond donors (Lipinski definition) is 1. The van der Waals surface area contributed by atoms with Crippen molar-refractivity contribution in [1.82, 2.24) is 0 Å². The molecule has 0 saturated heterocycles. The molecule has 0 aromatic rings. The van der Waals surface area contributed by atoms with Gasteiger partial charge in [-0.15, -0.1) is 0 Å². The van der Waals surface area contributed by atoms with Gasteiger partial charge in [0.25, 0.3) is 0 Å². The quantitative estimate of drug-likeness (QED) is 0.376. The molecule has 0 aromatic heterocycles. The zero-order valence-electron chi connectivity index (χ0n) is 10.2. The predicted octanol–water partition coefficient (Wildman–Crippen LogP) is -1.18. The first kappa shape index (κ1) is 16.2. The Morgan fingerprint density at radius 3 is 2.06 bits per heavy atom. The zero-order valence-corrected chi connectivity index (χ0v) is 13.2. The van der Waals surface area contributed by atoms with E-state index in [9.17, 15) is 0 Å². The molecule has 0 unspecified atom stereocenters. The Hall–Kier alpha value is 0.194. The molecule has 0 aromatic carbocycles. The van der Waals surface area contributed by atoms with E-state index in [1.165, 1.54) is 0 Å². The highest BCUT2D eigenvalue weighted by atomic mass is 28.4. The van der Waals surface area contributed by atoms with Gasteiger partial charge < -0.3 is 27.2 Å². The SMILES string of the molecule is CCO[Si](O[SiH3])(OCC)OCCOCCO. The first-order valence-electron chi connectivity index (χ1n) is 5.40. The van der Waals surface area contributed by atoms with Crippen LogP contribution in [0.15, 0.2) is 0 Å². The van der Waals surface area contributed by atoms with Gasteiger partial charge in [-0.2, -0.15) is 0 Å². The first-order chi connectivity index (χ1) is 7.74. The minimum atomic E-state index is -2.91. The number of rotatable bonds is 11. The van der Waals surface area contributed by atoms with Gasteiger partial charge >= 0.3 is 9.05 Å². The number of aliphatic hydroxyl groups is 1. The van der Waals surface area contributed by atoms with Gasteiger partial charge in [0.2, 0.25) is 0 Å². The van der Waals surface area contributed by atoms with Crippen LogP contribution in [0.1, 0.15) is 13.8 Å². The smallest absolute Gasteiger partial charge is 0.403 e. The van der Waals surface area contributed by atoms with E-state index in [2.05, 4.69) is 0 Å². The molecule has 16 heavy (non-hydrogen) atoms. The lowest BCUT2D eigenvalue weighted by Crippen LogP contribution is -2.49. The van der Waals surface area contributed by atoms with Crippen LogP contribution >= 0.6 is 0 Å². The van der Waals surface area contributed by atoms with E-state index < -0.39 is 9.05 Å². The highest BCUT2D eigenvalue weighted by Gasteiger charge is 2.42. The topological polar surface area (TPSA) is 66.4 Å². The fourth-order valence-corrected chi connectivity index (χ4v) is 3.75. The Morgan fingerprint density at radius 2 is 1.62 bits per heavy atom. The Bertz CT molecular complexity index is 153. The fourth-order valence-electron chi connectivity index (χ4n) is 1.05. The maximum Gasteiger partial charge on any atom is 0.668 e. The molecular formula is C8H22O6Si2. The van der Waals surface area contributed by atoms with Crippen LogP contribution < -0.4 is 0 Å². The average molecular weight is 270 g/mol. The van der Waals surface area contributed by atoms with Crippen molar-refractivity contribution in [1.29, 1.82) is 0 Å². The summed E-state index contributed by atoms with van der Waals surface area (Å²) in [4.78, 5) is 0. The molecule has 0 heterocycles. The Labute approximate surface area is 101 Å². The van der Waals surface area contributed by atoms with Crippen molar-refractivity contribution < 1.29 is 27.2 Å². The van der Waals surface area contributed by atoms with Crippen molar-refractivity contribution in [2.75, 3.05) is 39.6 Å². The molecule has 0 atom stereocenters. The van der Waals surface area contributed by atoms with E-state index >= 15 is 0 Å². The minimum Gasteiger partial charge on any atom is -0.403 e. The summed E-state index contributed by atoms with van der Waals surface area (Å²) >= 11 is 0. The highest BCUT2D eigenvalue weighted by Crippen LogP contribution is 2.09. The molecule has 0 fully saturated rings. The summed E-state index contributed by atoms with van der Waals surface area (Å²) in [5.74, 6) is 0. The van der Waals surface area contributed by atoms with Gasteiger partial charge in [-0.1, -0.05) is 0 Å². The number of hydrogen-bond acceptors (Lipinski definition) is 6. The second-order valence-corrected chi connectivity index (χ2v) is 6.25. The van der Waals surface area contributed by atoms with E-state index in [1.54, 1.807) is 0 Å². The van der Waals surface area contributed by atoms with Crippen LogP contribution in [0, 0.1) is 0 Å². The van der Waals surface area contributed by atoms with Gasteiger partial charge in [0.1, 0.15) is 10.5 Å². The summed E-state index contributed by atoms with van der Waals surface area (Å²) < 4.78 is 26.8. The van der Waals surface area contributed by atoms with Gasteiger partial charge in [0, 0.05) is 13.2 Å². The standard InChI is InChI=1S/C8H22O6Si2/c1-3-11-16(14-15,12-4-2)13-8-7-10-6-5-9/h9H,3-8H2,1-2,15H3. The molecule has 8 heteroatoms. The van der Waals surface area contributed by atoms with Crippen LogP contribution in [-0.2, 0) is 22.1 Å². The molecule has 0 spiro atoms. The normalized spacial score (nSPS) is 12.2. The van der Waals surface area contributed by atoms with E-state index in [0.29, 0.717) is 43.5 Å². The highest BCUT2D eigenvalue weighted by molar-refractivity contribution is 6.57. The number of aliphatic hydroxyl groups excluding tert-OH is 1. The fraction of sp³-hybridized carbons (Fsp3) is 1.00. The number of ether oxygens (including phenoxy) is 1. The summed E-state index contributed by atoms with van der Waals surface area (Å²) in [6, 6.07) is 0. The molecule has 98 valence electrons. The molecule has 0 aliphatic carbocycles. The van der Waals surface area contributed by atoms with E-state index in [1.807, 2.05) is 13.8 Å². The molecule has 0 aliphatic heterocycles. The van der Waals surface area contributed by atoms with Gasteiger partial charge in [0.15, 0.2) is 0 Å². The molecule has 0 rings (SSSR count). The lowest BCUT2D eigenvalue weighted by atomic mass is 10.7. The molecule has 1 N–H and O–H groups in total. The second-order valence-electron chi connectivity index (χ2n) is 2.75. The third kappa shape index (κ3) is 6.71. The van der Waals surface area contributed by atoms with E-state index in [4.69, 9.17) is 27.2 Å². The molecule has 0 saturated carbocycles. The van der Waals surface area contributed by atoms with Crippen molar-refractivity contribution in [3.63, 3.8) is 0 Å². The van der Waals surface area contributed by atoms with Crippen molar-refractivity contribution >= 4 is 19.5 Å². The van der Waals surface area contributed by atoms with Gasteiger partial charge in [-0.05, 0) is 13.8 Å². The van der Waals surface area contributed by atoms with Crippen LogP contribution in [0.25, 0.3) is 0 Å². The van der Waals surface area contributed by atoms with Crippen LogP contribution in [0.4, 0.5) is 0 Å². The minimum absolute atomic E-state index is 0.0106. The Balaban J connectivity index is 3.89. The third-order valence-electron chi connectivity index (χ3n) is 1.63. The second kappa shape index (κ2) is 10.4. The maximum absolute atomic E-state index is 8.51. The van der Waals surface area contributed by atoms with Crippen molar-refractivity contribution in [2.24, 2.45) is 0 Å². The summed E-state index contributed by atoms with van der Waals surface area (Å²) in [6.07, 6.45) is 0. The monoisotopic (exact) mass is 270 g/mol. The van der Waals surface area contributed by atoms with Crippen LogP contribution in [0.3, 0.4) is 0 Å². The molecule has 0 bridgehead atoms. The molecule has 0 amide bonds. The molecule has 0 radical (unpaired) electrons. The summed E-state index contributed by atoms with van der Waals surface area (Å²) in [5, 5.41) is 8.51. The molecular weight excluding hydrogens is 248 g/mol. The van der Waals surface area contributed by atoms with Crippen LogP contribution in [0.2, 0.25) is 0 Å².